The van der Waals surface area contributed by atoms with E-state index in [0.717, 1.165) is 57.9 Å². The van der Waals surface area contributed by atoms with Gasteiger partial charge in [-0.25, -0.2) is 4.39 Å². The Labute approximate surface area is 183 Å². The highest BCUT2D eigenvalue weighted by Crippen LogP contribution is 2.62. The molecule has 3 heterocycles. The Bertz CT molecular complexity index is 849. The molecule has 0 unspecified atom stereocenters. The minimum atomic E-state index is -0.198. The van der Waals surface area contributed by atoms with Gasteiger partial charge in [-0.3, -0.25) is 9.69 Å². The number of ether oxygens (including phenoxy) is 2. The van der Waals surface area contributed by atoms with Gasteiger partial charge >= 0.3 is 5.97 Å². The van der Waals surface area contributed by atoms with Crippen LogP contribution in [0.5, 0.6) is 0 Å². The maximum atomic E-state index is 13.2. The van der Waals surface area contributed by atoms with E-state index in [2.05, 4.69) is 16.7 Å². The zero-order valence-corrected chi connectivity index (χ0v) is 18.4. The predicted molar refractivity (Wildman–Crippen MR) is 115 cm³/mol. The molecular weight excluding hydrogens is 395 g/mol. The summed E-state index contributed by atoms with van der Waals surface area (Å²) in [6.45, 7) is 7.77. The van der Waals surface area contributed by atoms with Crippen LogP contribution in [0, 0.1) is 29.0 Å². The van der Waals surface area contributed by atoms with Crippen LogP contribution in [0.25, 0.3) is 0 Å². The molecule has 5 nitrogen and oxygen atoms in total. The summed E-state index contributed by atoms with van der Waals surface area (Å²) in [4.78, 5) is 17.6. The molecule has 1 aromatic rings. The van der Waals surface area contributed by atoms with E-state index in [-0.39, 0.29) is 34.8 Å². The van der Waals surface area contributed by atoms with Crippen LogP contribution in [0.3, 0.4) is 0 Å². The third-order valence-electron chi connectivity index (χ3n) is 9.10. The first kappa shape index (κ1) is 20.0. The minimum Gasteiger partial charge on any atom is -0.462 e. The average Bonchev–Trinajstić information content (AvgIpc) is 3.46. The lowest BCUT2D eigenvalue weighted by molar-refractivity contribution is -0.147. The Kier molecular flexibility index (Phi) is 4.62. The summed E-state index contributed by atoms with van der Waals surface area (Å²) in [7, 11) is 0. The predicted octanol–water partition coefficient (Wildman–Crippen LogP) is 3.47. The van der Waals surface area contributed by atoms with Crippen molar-refractivity contribution in [2.75, 3.05) is 44.2 Å². The lowest BCUT2D eigenvalue weighted by Gasteiger charge is -2.51. The molecule has 0 N–H and O–H groups in total. The van der Waals surface area contributed by atoms with Gasteiger partial charge in [0.15, 0.2) is 0 Å². The van der Waals surface area contributed by atoms with Gasteiger partial charge in [0.2, 0.25) is 0 Å². The van der Waals surface area contributed by atoms with Gasteiger partial charge in [-0.2, -0.15) is 0 Å². The van der Waals surface area contributed by atoms with Crippen molar-refractivity contribution >= 4 is 11.7 Å². The summed E-state index contributed by atoms with van der Waals surface area (Å²) in [6, 6.07) is 6.75. The molecule has 3 aliphatic heterocycles. The minimum absolute atomic E-state index is 0.00959. The number of epoxide rings is 1. The van der Waals surface area contributed by atoms with E-state index in [4.69, 9.17) is 9.47 Å². The number of carbonyl (C=O) groups excluding carboxylic acids is 1. The number of benzene rings is 1. The lowest BCUT2D eigenvalue weighted by Crippen LogP contribution is -2.52. The molecule has 6 atom stereocenters. The fourth-order valence-electron chi connectivity index (χ4n) is 7.28. The van der Waals surface area contributed by atoms with Crippen molar-refractivity contribution in [3.8, 4) is 0 Å². The molecule has 6 rings (SSSR count). The Balaban J connectivity index is 1.11. The first-order valence-corrected chi connectivity index (χ1v) is 12.0. The average molecular weight is 429 g/mol. The summed E-state index contributed by atoms with van der Waals surface area (Å²) in [5.41, 5.74) is 1.43. The number of anilines is 1. The van der Waals surface area contributed by atoms with E-state index >= 15 is 0 Å². The molecule has 3 saturated heterocycles. The summed E-state index contributed by atoms with van der Waals surface area (Å²) >= 11 is 0. The zero-order valence-electron chi connectivity index (χ0n) is 18.4. The number of fused-ring (bicyclic) bond motifs is 3. The molecule has 1 aromatic carbocycles. The second kappa shape index (κ2) is 7.17. The molecule has 0 aromatic heterocycles. The van der Waals surface area contributed by atoms with Crippen molar-refractivity contribution in [1.29, 1.82) is 0 Å². The maximum absolute atomic E-state index is 13.2. The molecule has 0 amide bonds. The van der Waals surface area contributed by atoms with E-state index in [1.807, 2.05) is 12.1 Å². The van der Waals surface area contributed by atoms with Crippen molar-refractivity contribution < 1.29 is 18.7 Å². The largest absolute Gasteiger partial charge is 0.462 e. The molecule has 0 radical (unpaired) electrons. The van der Waals surface area contributed by atoms with Crippen LogP contribution < -0.4 is 4.90 Å². The highest BCUT2D eigenvalue weighted by Gasteiger charge is 2.65. The molecule has 2 aliphatic carbocycles. The lowest BCUT2D eigenvalue weighted by atomic mass is 9.53. The van der Waals surface area contributed by atoms with E-state index in [9.17, 15) is 9.18 Å². The summed E-state index contributed by atoms with van der Waals surface area (Å²) in [5, 5.41) is 0. The summed E-state index contributed by atoms with van der Waals surface area (Å²) < 4.78 is 25.2. The summed E-state index contributed by atoms with van der Waals surface area (Å²) in [6.07, 6.45) is 5.84. The first-order valence-electron chi connectivity index (χ1n) is 12.0. The van der Waals surface area contributed by atoms with Crippen molar-refractivity contribution in [2.45, 2.75) is 50.7 Å². The summed E-state index contributed by atoms with van der Waals surface area (Å²) in [5.74, 6) is 0.715. The normalized spacial score (nSPS) is 42.3. The maximum Gasteiger partial charge on any atom is 0.310 e. The SMILES string of the molecule is C[C@]12CCC[C@]3(CO3)[C@@H]1C[C@@H]1[C@H](CN3CCN(c4ccc(F)cc4)CC3)C(=O)O[C@@H]1C2. The van der Waals surface area contributed by atoms with Crippen molar-refractivity contribution in [2.24, 2.45) is 23.2 Å². The number of esters is 1. The Hall–Kier alpha value is -1.66. The highest BCUT2D eigenvalue weighted by atomic mass is 19.1. The fourth-order valence-corrected chi connectivity index (χ4v) is 7.28. The van der Waals surface area contributed by atoms with Gasteiger partial charge in [0, 0.05) is 44.3 Å². The molecule has 168 valence electrons. The molecule has 0 bridgehead atoms. The molecule has 31 heavy (non-hydrogen) atoms. The van der Waals surface area contributed by atoms with Crippen LogP contribution >= 0.6 is 0 Å². The van der Waals surface area contributed by atoms with Gasteiger partial charge in [0.05, 0.1) is 18.1 Å². The number of halogens is 1. The van der Waals surface area contributed by atoms with Gasteiger partial charge in [-0.05, 0) is 67.7 Å². The molecule has 2 saturated carbocycles. The van der Waals surface area contributed by atoms with Crippen LogP contribution in [0.15, 0.2) is 24.3 Å². The second-order valence-electron chi connectivity index (χ2n) is 10.9. The first-order chi connectivity index (χ1) is 15.0. The van der Waals surface area contributed by atoms with Crippen LogP contribution in [0.4, 0.5) is 10.1 Å². The topological polar surface area (TPSA) is 45.3 Å². The number of piperazine rings is 1. The second-order valence-corrected chi connectivity index (χ2v) is 10.9. The van der Waals surface area contributed by atoms with Crippen LogP contribution in [0.2, 0.25) is 0 Å². The van der Waals surface area contributed by atoms with Crippen molar-refractivity contribution in [3.05, 3.63) is 30.1 Å². The standard InChI is InChI=1S/C25H33FN2O3/c1-24-7-2-8-25(16-30-25)22(24)13-19-20(23(29)31-21(19)14-24)15-27-9-11-28(12-10-27)18-5-3-17(26)4-6-18/h3-6,19-22H,2,7-16H2,1H3/t19-,20+,21-,22-,24-,25+/m1/s1. The number of carbonyl (C=O) groups is 1. The van der Waals surface area contributed by atoms with E-state index in [1.54, 1.807) is 0 Å². The monoisotopic (exact) mass is 428 g/mol. The third kappa shape index (κ3) is 3.37. The fraction of sp³-hybridized carbons (Fsp3) is 0.720. The van der Waals surface area contributed by atoms with E-state index < -0.39 is 0 Å². The molecule has 5 fully saturated rings. The van der Waals surface area contributed by atoms with Crippen LogP contribution in [-0.4, -0.2) is 61.9 Å². The Morgan fingerprint density at radius 2 is 1.87 bits per heavy atom. The third-order valence-corrected chi connectivity index (χ3v) is 9.10. The van der Waals surface area contributed by atoms with Gasteiger partial charge < -0.3 is 14.4 Å². The zero-order chi connectivity index (χ0) is 21.2. The quantitative estimate of drug-likeness (QED) is 0.545. The Morgan fingerprint density at radius 1 is 1.13 bits per heavy atom. The molecular formula is C25H33FN2O3. The number of rotatable bonds is 3. The van der Waals surface area contributed by atoms with Gasteiger partial charge in [0.25, 0.3) is 0 Å². The van der Waals surface area contributed by atoms with Crippen molar-refractivity contribution in [1.82, 2.24) is 4.90 Å². The molecule has 6 heteroatoms. The number of hydrogen-bond donors (Lipinski definition) is 0. The van der Waals surface area contributed by atoms with Crippen LogP contribution in [0.1, 0.15) is 39.0 Å². The number of hydrogen-bond acceptors (Lipinski definition) is 5. The Morgan fingerprint density at radius 3 is 2.58 bits per heavy atom. The molecule has 1 spiro atoms. The van der Waals surface area contributed by atoms with Gasteiger partial charge in [0.1, 0.15) is 11.9 Å². The highest BCUT2D eigenvalue weighted by molar-refractivity contribution is 5.75. The smallest absolute Gasteiger partial charge is 0.310 e. The van der Waals surface area contributed by atoms with Gasteiger partial charge in [-0.15, -0.1) is 0 Å². The van der Waals surface area contributed by atoms with Crippen LogP contribution in [-0.2, 0) is 14.3 Å². The number of nitrogens with zero attached hydrogens (tertiary/aromatic N) is 2. The van der Waals surface area contributed by atoms with Crippen molar-refractivity contribution in [3.63, 3.8) is 0 Å². The molecule has 5 aliphatic rings. The van der Waals surface area contributed by atoms with E-state index in [0.29, 0.717) is 11.8 Å². The van der Waals surface area contributed by atoms with Gasteiger partial charge in [-0.1, -0.05) is 6.92 Å². The van der Waals surface area contributed by atoms with E-state index in [1.165, 1.54) is 31.4 Å².